The number of carbonyl (C=O) groups is 2. The van der Waals surface area contributed by atoms with E-state index in [4.69, 9.17) is 10.6 Å². The van der Waals surface area contributed by atoms with Crippen molar-refractivity contribution >= 4 is 23.9 Å². The van der Waals surface area contributed by atoms with Crippen molar-refractivity contribution < 1.29 is 14.3 Å². The van der Waals surface area contributed by atoms with E-state index in [0.717, 1.165) is 56.3 Å². The molecule has 2 fully saturated rings. The fraction of sp³-hybridized carbons (Fsp3) is 0.538. The number of hydrogen-bond acceptors (Lipinski definition) is 6. The molecular weight excluding hydrogens is 444 g/mol. The number of hydrogen-bond donors (Lipinski definition) is 1. The number of aliphatic imine (C=N–C) groups is 1. The first-order valence-electron chi connectivity index (χ1n) is 12.3. The summed E-state index contributed by atoms with van der Waals surface area (Å²) in [6.45, 7) is 9.33. The predicted octanol–water partition coefficient (Wildman–Crippen LogP) is 4.43. The second-order valence-electron chi connectivity index (χ2n) is 9.91. The number of allylic oxidation sites excluding steroid dienone is 1. The highest BCUT2D eigenvalue weighted by Crippen LogP contribution is 2.49. The van der Waals surface area contributed by atoms with Crippen LogP contribution in [0.1, 0.15) is 58.1 Å². The zero-order valence-electron chi connectivity index (χ0n) is 20.6. The van der Waals surface area contributed by atoms with Crippen molar-refractivity contribution in [1.29, 1.82) is 0 Å². The number of pyridine rings is 1. The van der Waals surface area contributed by atoms with Crippen molar-refractivity contribution in [1.82, 2.24) is 9.88 Å². The Bertz CT molecular complexity index is 1070. The summed E-state index contributed by atoms with van der Waals surface area (Å²) in [5, 5.41) is 6.63. The van der Waals surface area contributed by atoms with Gasteiger partial charge in [-0.15, -0.1) is 5.11 Å². The number of amides is 1. The van der Waals surface area contributed by atoms with Gasteiger partial charge >= 0.3 is 5.97 Å². The molecule has 3 aliphatic rings. The van der Waals surface area contributed by atoms with Gasteiger partial charge in [-0.2, -0.15) is 0 Å². The minimum Gasteiger partial charge on any atom is -0.456 e. The Morgan fingerprint density at radius 1 is 1.34 bits per heavy atom. The lowest BCUT2D eigenvalue weighted by atomic mass is 9.66. The fourth-order valence-corrected chi connectivity index (χ4v) is 5.55. The number of nitrogens with two attached hydrogens (primary N) is 1. The molecule has 2 N–H and O–H groups in total. The number of nitrogens with zero attached hydrogens (tertiary/aromatic N) is 5. The van der Waals surface area contributed by atoms with Crippen molar-refractivity contribution in [2.24, 2.45) is 38.4 Å². The SMILES string of the molecule is C=C(C(C)CCc1ccc(N=CN=NN)cn1)C1CCC2(CC1)CCN(C1=C(C)C(=O)OC1)C2=O. The molecule has 1 saturated heterocycles. The molecule has 9 heteroatoms. The monoisotopic (exact) mass is 478 g/mol. The third-order valence-electron chi connectivity index (χ3n) is 7.99. The lowest BCUT2D eigenvalue weighted by Gasteiger charge is -2.37. The van der Waals surface area contributed by atoms with Crippen molar-refractivity contribution in [3.8, 4) is 0 Å². The highest BCUT2D eigenvalue weighted by atomic mass is 16.5. The zero-order chi connectivity index (χ0) is 25.0. The molecule has 0 aromatic carbocycles. The van der Waals surface area contributed by atoms with Gasteiger partial charge in [0.2, 0.25) is 5.91 Å². The Morgan fingerprint density at radius 3 is 2.74 bits per heavy atom. The van der Waals surface area contributed by atoms with E-state index in [1.54, 1.807) is 13.1 Å². The van der Waals surface area contributed by atoms with E-state index in [9.17, 15) is 9.59 Å². The summed E-state index contributed by atoms with van der Waals surface area (Å²) in [6, 6.07) is 3.88. The van der Waals surface area contributed by atoms with Crippen LogP contribution in [-0.2, 0) is 20.7 Å². The van der Waals surface area contributed by atoms with Crippen LogP contribution in [0, 0.1) is 17.3 Å². The molecule has 0 bridgehead atoms. The summed E-state index contributed by atoms with van der Waals surface area (Å²) in [7, 11) is 0. The van der Waals surface area contributed by atoms with E-state index in [2.05, 4.69) is 33.8 Å². The summed E-state index contributed by atoms with van der Waals surface area (Å²) < 4.78 is 5.13. The number of cyclic esters (lactones) is 1. The lowest BCUT2D eigenvalue weighted by molar-refractivity contribution is -0.138. The van der Waals surface area contributed by atoms with Gasteiger partial charge in [0.05, 0.1) is 28.6 Å². The minimum absolute atomic E-state index is 0.173. The molecule has 9 nitrogen and oxygen atoms in total. The van der Waals surface area contributed by atoms with Crippen LogP contribution in [0.15, 0.2) is 57.1 Å². The van der Waals surface area contributed by atoms with Crippen molar-refractivity contribution in [2.75, 3.05) is 13.2 Å². The van der Waals surface area contributed by atoms with E-state index in [1.165, 1.54) is 11.9 Å². The van der Waals surface area contributed by atoms with Crippen LogP contribution >= 0.6 is 0 Å². The highest BCUT2D eigenvalue weighted by molar-refractivity contribution is 5.94. The minimum atomic E-state index is -0.308. The second-order valence-corrected chi connectivity index (χ2v) is 9.91. The summed E-state index contributed by atoms with van der Waals surface area (Å²) in [5.41, 5.74) is 4.03. The van der Waals surface area contributed by atoms with Gasteiger partial charge < -0.3 is 15.5 Å². The van der Waals surface area contributed by atoms with Gasteiger partial charge in [-0.25, -0.2) is 9.79 Å². The average molecular weight is 479 g/mol. The third kappa shape index (κ3) is 5.18. The summed E-state index contributed by atoms with van der Waals surface area (Å²) in [6.07, 6.45) is 9.44. The standard InChI is InChI=1S/C26H34N6O3/c1-17(4-5-21-6-7-22(14-28-21)29-16-30-31-27)18(2)20-8-10-26(11-9-20)12-13-32(25(26)34)23-15-35-24(33)19(23)3/h6-7,14,16-17,20H,2,4-5,8-13,15H2,1,3H3,(H2,27,29,30). The molecule has 35 heavy (non-hydrogen) atoms. The number of ether oxygens (including phenoxy) is 1. The fourth-order valence-electron chi connectivity index (χ4n) is 5.55. The molecule has 1 unspecified atom stereocenters. The normalized spacial score (nSPS) is 25.9. The van der Waals surface area contributed by atoms with Crippen LogP contribution in [0.3, 0.4) is 0 Å². The maximum Gasteiger partial charge on any atom is 0.336 e. The van der Waals surface area contributed by atoms with Gasteiger partial charge in [0.15, 0.2) is 0 Å². The van der Waals surface area contributed by atoms with Crippen LogP contribution in [0.4, 0.5) is 5.69 Å². The number of rotatable bonds is 8. The van der Waals surface area contributed by atoms with E-state index >= 15 is 0 Å². The number of aryl methyl sites for hydroxylation is 1. The van der Waals surface area contributed by atoms with Crippen LogP contribution in [0.5, 0.6) is 0 Å². The summed E-state index contributed by atoms with van der Waals surface area (Å²) >= 11 is 0. The summed E-state index contributed by atoms with van der Waals surface area (Å²) in [5.74, 6) is 5.63. The van der Waals surface area contributed by atoms with E-state index in [-0.39, 0.29) is 23.9 Å². The lowest BCUT2D eigenvalue weighted by Crippen LogP contribution is -2.38. The molecule has 2 aliphatic heterocycles. The maximum absolute atomic E-state index is 13.4. The van der Waals surface area contributed by atoms with Gasteiger partial charge in [-0.05, 0) is 75.8 Å². The Morgan fingerprint density at radius 2 is 2.11 bits per heavy atom. The first kappa shape index (κ1) is 24.8. The smallest absolute Gasteiger partial charge is 0.336 e. The Labute approximate surface area is 206 Å². The van der Waals surface area contributed by atoms with Crippen LogP contribution < -0.4 is 5.84 Å². The molecule has 3 heterocycles. The van der Waals surface area contributed by atoms with Crippen molar-refractivity contribution in [3.05, 3.63) is 47.4 Å². The molecule has 1 aliphatic carbocycles. The van der Waals surface area contributed by atoms with Crippen LogP contribution in [0.25, 0.3) is 0 Å². The molecule has 4 rings (SSSR count). The second kappa shape index (κ2) is 10.5. The molecule has 0 radical (unpaired) electrons. The average Bonchev–Trinajstić information content (AvgIpc) is 3.36. The molecular formula is C26H34N6O3. The topological polar surface area (TPSA) is 123 Å². The third-order valence-corrected chi connectivity index (χ3v) is 7.99. The molecule has 186 valence electrons. The van der Waals surface area contributed by atoms with Gasteiger partial charge in [-0.3, -0.25) is 9.78 Å². The molecule has 1 amide bonds. The molecule has 1 aromatic rings. The van der Waals surface area contributed by atoms with Crippen molar-refractivity contribution in [3.63, 3.8) is 0 Å². The largest absolute Gasteiger partial charge is 0.456 e. The van der Waals surface area contributed by atoms with E-state index in [0.29, 0.717) is 29.6 Å². The predicted molar refractivity (Wildman–Crippen MR) is 132 cm³/mol. The summed E-state index contributed by atoms with van der Waals surface area (Å²) in [4.78, 5) is 35.5. The molecule has 1 atom stereocenters. The number of likely N-dealkylation sites (tertiary alicyclic amines) is 1. The van der Waals surface area contributed by atoms with Crippen LogP contribution in [-0.4, -0.2) is 41.3 Å². The molecule has 1 saturated carbocycles. The Hall–Kier alpha value is -3.36. The maximum atomic E-state index is 13.4. The highest BCUT2D eigenvalue weighted by Gasteiger charge is 2.50. The Kier molecular flexibility index (Phi) is 7.42. The molecule has 1 aromatic heterocycles. The zero-order valence-corrected chi connectivity index (χ0v) is 20.6. The van der Waals surface area contributed by atoms with Crippen LogP contribution in [0.2, 0.25) is 0 Å². The number of aromatic nitrogens is 1. The van der Waals surface area contributed by atoms with Gasteiger partial charge in [0.25, 0.3) is 0 Å². The number of esters is 1. The quantitative estimate of drug-likeness (QED) is 0.113. The van der Waals surface area contributed by atoms with Gasteiger partial charge in [0.1, 0.15) is 12.9 Å². The van der Waals surface area contributed by atoms with E-state index in [1.807, 2.05) is 17.0 Å². The van der Waals surface area contributed by atoms with E-state index < -0.39 is 0 Å². The Balaban J connectivity index is 1.27. The van der Waals surface area contributed by atoms with Crippen molar-refractivity contribution in [2.45, 2.75) is 58.8 Å². The van der Waals surface area contributed by atoms with Gasteiger partial charge in [0, 0.05) is 12.2 Å². The number of carbonyl (C=O) groups excluding carboxylic acids is 2. The first-order chi connectivity index (χ1) is 16.8. The van der Waals surface area contributed by atoms with Gasteiger partial charge in [-0.1, -0.05) is 24.3 Å². The molecule has 1 spiro atoms. The first-order valence-corrected chi connectivity index (χ1v) is 12.3.